The van der Waals surface area contributed by atoms with Crippen molar-refractivity contribution < 1.29 is 17.9 Å². The third kappa shape index (κ3) is 2.71. The Morgan fingerprint density at radius 3 is 2.50 bits per heavy atom. The second kappa shape index (κ2) is 5.08. The minimum atomic E-state index is -4.40. The number of hydrogen-bond donors (Lipinski definition) is 0. The third-order valence-electron chi connectivity index (χ3n) is 2.93. The third-order valence-corrected chi connectivity index (χ3v) is 2.93. The van der Waals surface area contributed by atoms with Gasteiger partial charge in [-0.2, -0.15) is 13.2 Å². The molecular weight excluding hydrogens is 243 g/mol. The molecule has 1 aliphatic rings. The zero-order chi connectivity index (χ0) is 13.2. The maximum Gasteiger partial charge on any atom is 0.419 e. The number of nitrogens with zero attached hydrogens (tertiary/aromatic N) is 1. The lowest BCUT2D eigenvalue weighted by atomic mass is 10.1. The Morgan fingerprint density at radius 1 is 1.28 bits per heavy atom. The number of ether oxygens (including phenoxy) is 1. The Kier molecular flexibility index (Phi) is 3.68. The minimum Gasteiger partial charge on any atom is -0.493 e. The summed E-state index contributed by atoms with van der Waals surface area (Å²) in [6.07, 6.45) is -2.26. The fourth-order valence-corrected chi connectivity index (χ4v) is 2.09. The summed E-state index contributed by atoms with van der Waals surface area (Å²) in [6.45, 7) is 3.60. The zero-order valence-corrected chi connectivity index (χ0v) is 10.2. The van der Waals surface area contributed by atoms with Crippen LogP contribution in [0.3, 0.4) is 0 Å². The van der Waals surface area contributed by atoms with Gasteiger partial charge in [0.2, 0.25) is 0 Å². The lowest BCUT2D eigenvalue weighted by Crippen LogP contribution is -2.18. The van der Waals surface area contributed by atoms with Crippen molar-refractivity contribution in [2.45, 2.75) is 25.9 Å². The Balaban J connectivity index is 2.33. The van der Waals surface area contributed by atoms with Crippen LogP contribution in [0.5, 0.6) is 5.75 Å². The fraction of sp³-hybridized carbons (Fsp3) is 0.538. The van der Waals surface area contributed by atoms with E-state index in [1.54, 1.807) is 6.92 Å². The van der Waals surface area contributed by atoms with E-state index in [-0.39, 0.29) is 12.4 Å². The van der Waals surface area contributed by atoms with Gasteiger partial charge in [-0.15, -0.1) is 0 Å². The van der Waals surface area contributed by atoms with Crippen molar-refractivity contribution in [3.8, 4) is 5.75 Å². The number of halogens is 3. The summed E-state index contributed by atoms with van der Waals surface area (Å²) in [5.74, 6) is -0.200. The molecule has 0 amide bonds. The highest BCUT2D eigenvalue weighted by molar-refractivity contribution is 5.53. The first-order chi connectivity index (χ1) is 8.52. The summed E-state index contributed by atoms with van der Waals surface area (Å²) in [5.41, 5.74) is -0.0729. The first kappa shape index (κ1) is 13.1. The lowest BCUT2D eigenvalue weighted by Gasteiger charge is -2.20. The van der Waals surface area contributed by atoms with Crippen molar-refractivity contribution in [1.29, 1.82) is 0 Å². The normalized spacial score (nSPS) is 16.1. The highest BCUT2D eigenvalue weighted by Crippen LogP contribution is 2.38. The van der Waals surface area contributed by atoms with Crippen molar-refractivity contribution in [2.24, 2.45) is 0 Å². The number of alkyl halides is 3. The van der Waals surface area contributed by atoms with Gasteiger partial charge in [-0.3, -0.25) is 0 Å². The highest BCUT2D eigenvalue weighted by atomic mass is 19.4. The molecule has 0 N–H and O–H groups in total. The maximum absolute atomic E-state index is 12.8. The van der Waals surface area contributed by atoms with Gasteiger partial charge in [-0.05, 0) is 31.9 Å². The van der Waals surface area contributed by atoms with Crippen LogP contribution in [0.4, 0.5) is 18.9 Å². The van der Waals surface area contributed by atoms with Crippen LogP contribution in [0, 0.1) is 6.07 Å². The van der Waals surface area contributed by atoms with Crippen LogP contribution in [0.1, 0.15) is 25.3 Å². The molecule has 1 radical (unpaired) electrons. The van der Waals surface area contributed by atoms with E-state index in [1.807, 2.05) is 4.90 Å². The topological polar surface area (TPSA) is 12.5 Å². The van der Waals surface area contributed by atoms with E-state index >= 15 is 0 Å². The van der Waals surface area contributed by atoms with Gasteiger partial charge < -0.3 is 9.64 Å². The molecule has 99 valence electrons. The van der Waals surface area contributed by atoms with Gasteiger partial charge >= 0.3 is 6.18 Å². The predicted molar refractivity (Wildman–Crippen MR) is 62.9 cm³/mol. The average Bonchev–Trinajstić information content (AvgIpc) is 2.81. The molecule has 0 aliphatic carbocycles. The Morgan fingerprint density at radius 2 is 1.94 bits per heavy atom. The molecule has 1 aromatic carbocycles. The fourth-order valence-electron chi connectivity index (χ4n) is 2.09. The average molecular weight is 258 g/mol. The molecular formula is C13H15F3NO. The second-order valence-electron chi connectivity index (χ2n) is 4.21. The van der Waals surface area contributed by atoms with Gasteiger partial charge in [0.25, 0.3) is 0 Å². The first-order valence-corrected chi connectivity index (χ1v) is 6.03. The Hall–Kier alpha value is -1.39. The van der Waals surface area contributed by atoms with Crippen LogP contribution in [0.15, 0.2) is 12.1 Å². The van der Waals surface area contributed by atoms with Crippen LogP contribution >= 0.6 is 0 Å². The standard InChI is InChI=1S/C13H15F3NO/c1-2-18-12-9-10(17-7-3-4-8-17)5-6-11(12)13(14,15)16/h5-6H,2-4,7-8H2,1H3. The van der Waals surface area contributed by atoms with Gasteiger partial charge in [0, 0.05) is 18.8 Å². The summed E-state index contributed by atoms with van der Waals surface area (Å²) in [6, 6.07) is 5.29. The van der Waals surface area contributed by atoms with E-state index in [0.717, 1.165) is 32.0 Å². The van der Waals surface area contributed by atoms with Gasteiger partial charge in [0.15, 0.2) is 0 Å². The molecule has 18 heavy (non-hydrogen) atoms. The molecule has 0 saturated carbocycles. The summed E-state index contributed by atoms with van der Waals surface area (Å²) in [4.78, 5) is 2.03. The summed E-state index contributed by atoms with van der Waals surface area (Å²) in [5, 5.41) is 0. The van der Waals surface area contributed by atoms with E-state index in [0.29, 0.717) is 5.69 Å². The van der Waals surface area contributed by atoms with E-state index in [2.05, 4.69) is 6.07 Å². The molecule has 0 spiro atoms. The number of anilines is 1. The summed E-state index contributed by atoms with van der Waals surface area (Å²) in [7, 11) is 0. The number of hydrogen-bond acceptors (Lipinski definition) is 2. The molecule has 1 aromatic rings. The molecule has 1 fully saturated rings. The number of benzene rings is 1. The summed E-state index contributed by atoms with van der Waals surface area (Å²) >= 11 is 0. The second-order valence-corrected chi connectivity index (χ2v) is 4.21. The SMILES string of the molecule is CCOc1[c]c(N2CCCC2)ccc1C(F)(F)F. The molecule has 1 aliphatic heterocycles. The minimum absolute atomic E-state index is 0.197. The molecule has 0 bridgehead atoms. The van der Waals surface area contributed by atoms with Crippen LogP contribution in [0.25, 0.3) is 0 Å². The van der Waals surface area contributed by atoms with Gasteiger partial charge in [0.05, 0.1) is 18.2 Å². The smallest absolute Gasteiger partial charge is 0.419 e. The van der Waals surface area contributed by atoms with Crippen LogP contribution in [-0.2, 0) is 6.18 Å². The van der Waals surface area contributed by atoms with E-state index < -0.39 is 11.7 Å². The van der Waals surface area contributed by atoms with Crippen LogP contribution in [-0.4, -0.2) is 19.7 Å². The quantitative estimate of drug-likeness (QED) is 0.822. The molecule has 1 heterocycles. The monoisotopic (exact) mass is 258 g/mol. The molecule has 0 atom stereocenters. The molecule has 1 saturated heterocycles. The van der Waals surface area contributed by atoms with E-state index in [4.69, 9.17) is 4.74 Å². The van der Waals surface area contributed by atoms with Crippen molar-refractivity contribution in [3.63, 3.8) is 0 Å². The van der Waals surface area contributed by atoms with Crippen molar-refractivity contribution >= 4 is 5.69 Å². The van der Waals surface area contributed by atoms with Crippen molar-refractivity contribution in [3.05, 3.63) is 23.8 Å². The highest BCUT2D eigenvalue weighted by Gasteiger charge is 2.35. The van der Waals surface area contributed by atoms with Gasteiger partial charge in [-0.25, -0.2) is 0 Å². The van der Waals surface area contributed by atoms with Crippen LogP contribution in [0.2, 0.25) is 0 Å². The Labute approximate surface area is 104 Å². The van der Waals surface area contributed by atoms with Crippen LogP contribution < -0.4 is 9.64 Å². The maximum atomic E-state index is 12.8. The summed E-state index contributed by atoms with van der Waals surface area (Å²) < 4.78 is 43.4. The van der Waals surface area contributed by atoms with E-state index in [9.17, 15) is 13.2 Å². The molecule has 2 nitrogen and oxygen atoms in total. The molecule has 0 unspecified atom stereocenters. The van der Waals surface area contributed by atoms with Gasteiger partial charge in [0.1, 0.15) is 5.75 Å². The first-order valence-electron chi connectivity index (χ1n) is 6.03. The Bertz CT molecular complexity index is 411. The number of rotatable bonds is 3. The molecule has 2 rings (SSSR count). The van der Waals surface area contributed by atoms with Gasteiger partial charge in [-0.1, -0.05) is 0 Å². The van der Waals surface area contributed by atoms with Crippen molar-refractivity contribution in [2.75, 3.05) is 24.6 Å². The zero-order valence-electron chi connectivity index (χ0n) is 10.2. The van der Waals surface area contributed by atoms with E-state index in [1.165, 1.54) is 6.07 Å². The molecule has 5 heteroatoms. The van der Waals surface area contributed by atoms with Crippen molar-refractivity contribution in [1.82, 2.24) is 0 Å². The lowest BCUT2D eigenvalue weighted by molar-refractivity contribution is -0.138. The molecule has 0 aromatic heterocycles. The largest absolute Gasteiger partial charge is 0.493 e. The predicted octanol–water partition coefficient (Wildman–Crippen LogP) is 3.50.